The summed E-state index contributed by atoms with van der Waals surface area (Å²) < 4.78 is 31.0. The molecular weight excluding hydrogens is 343 g/mol. The van der Waals surface area contributed by atoms with E-state index in [4.69, 9.17) is 13.6 Å². The number of hydrogen-bond donors (Lipinski definition) is 0. The third-order valence-electron chi connectivity index (χ3n) is 5.46. The Hall–Kier alpha value is -0.246. The number of hydrogen-bond acceptors (Lipinski definition) is 4. The topological polar surface area (TPSA) is 44.8 Å². The van der Waals surface area contributed by atoms with Crippen molar-refractivity contribution in [1.82, 2.24) is 0 Å². The van der Waals surface area contributed by atoms with Gasteiger partial charge < -0.3 is 13.6 Å². The lowest BCUT2D eigenvalue weighted by Gasteiger charge is -2.41. The zero-order chi connectivity index (χ0) is 19.4. The van der Waals surface area contributed by atoms with Crippen molar-refractivity contribution in [1.29, 1.82) is 0 Å². The van der Waals surface area contributed by atoms with E-state index in [1.54, 1.807) is 0 Å². The van der Waals surface area contributed by atoms with E-state index in [1.807, 2.05) is 0 Å². The Bertz CT molecular complexity index is 400. The van der Waals surface area contributed by atoms with Crippen molar-refractivity contribution in [3.8, 4) is 0 Å². The van der Waals surface area contributed by atoms with Crippen LogP contribution in [-0.4, -0.2) is 48.6 Å². The minimum absolute atomic E-state index is 0.0320. The van der Waals surface area contributed by atoms with Gasteiger partial charge in [-0.1, -0.05) is 41.5 Å². The van der Waals surface area contributed by atoms with Crippen LogP contribution in [0, 0.1) is 0 Å². The molecule has 0 amide bonds. The summed E-state index contributed by atoms with van der Waals surface area (Å²) in [6.45, 7) is 20.8. The van der Waals surface area contributed by atoms with Crippen molar-refractivity contribution < 1.29 is 22.8 Å². The summed E-state index contributed by atoms with van der Waals surface area (Å²) in [4.78, 5) is 10.9. The molecule has 7 heteroatoms. The van der Waals surface area contributed by atoms with Gasteiger partial charge in [-0.05, 0) is 36.3 Å². The number of rotatable bonds is 9. The second-order valence-corrected chi connectivity index (χ2v) is 19.0. The SMILES string of the molecule is CC(C)(C)[Si](C)(C)OC[C@@H](OC=O)C(CF)O[Si](C)(C)C(C)(C)C. The first-order valence-corrected chi connectivity index (χ1v) is 14.4. The monoisotopic (exact) mass is 380 g/mol. The zero-order valence-electron chi connectivity index (χ0n) is 17.2. The maximum absolute atomic E-state index is 13.7. The molecule has 0 aliphatic rings. The molecule has 0 aromatic carbocycles. The largest absolute Gasteiger partial charge is 0.459 e. The number of carbonyl (C=O) groups excluding carboxylic acids is 1. The molecule has 0 saturated carbocycles. The fourth-order valence-corrected chi connectivity index (χ4v) is 3.91. The van der Waals surface area contributed by atoms with Crippen LogP contribution in [0.25, 0.3) is 0 Å². The molecule has 0 N–H and O–H groups in total. The van der Waals surface area contributed by atoms with Gasteiger partial charge in [0.1, 0.15) is 12.8 Å². The summed E-state index contributed by atoms with van der Waals surface area (Å²) >= 11 is 0. The lowest BCUT2D eigenvalue weighted by Crippen LogP contribution is -2.51. The lowest BCUT2D eigenvalue weighted by molar-refractivity contribution is -0.141. The Morgan fingerprint density at radius 3 is 1.71 bits per heavy atom. The summed E-state index contributed by atoms with van der Waals surface area (Å²) in [5, 5.41) is -0.0172. The van der Waals surface area contributed by atoms with E-state index in [0.29, 0.717) is 6.47 Å². The molecule has 0 spiro atoms. The van der Waals surface area contributed by atoms with Gasteiger partial charge in [0, 0.05) is 0 Å². The lowest BCUT2D eigenvalue weighted by atomic mass is 10.2. The van der Waals surface area contributed by atoms with Crippen LogP contribution < -0.4 is 0 Å². The molecule has 0 bridgehead atoms. The van der Waals surface area contributed by atoms with E-state index in [-0.39, 0.29) is 16.7 Å². The number of carbonyl (C=O) groups is 1. The summed E-state index contributed by atoms with van der Waals surface area (Å²) in [5.74, 6) is 0. The van der Waals surface area contributed by atoms with Crippen LogP contribution in [0.1, 0.15) is 41.5 Å². The van der Waals surface area contributed by atoms with Gasteiger partial charge in [-0.25, -0.2) is 4.39 Å². The van der Waals surface area contributed by atoms with Crippen LogP contribution in [0.5, 0.6) is 0 Å². The normalized spacial score (nSPS) is 16.6. The Morgan fingerprint density at radius 1 is 0.917 bits per heavy atom. The predicted octanol–water partition coefficient (Wildman–Crippen LogP) is 4.91. The zero-order valence-corrected chi connectivity index (χ0v) is 19.2. The molecule has 0 rings (SSSR count). The minimum Gasteiger partial charge on any atom is -0.459 e. The van der Waals surface area contributed by atoms with E-state index in [9.17, 15) is 9.18 Å². The van der Waals surface area contributed by atoms with Gasteiger partial charge in [-0.2, -0.15) is 0 Å². The van der Waals surface area contributed by atoms with Gasteiger partial charge in [0.25, 0.3) is 6.47 Å². The van der Waals surface area contributed by atoms with Gasteiger partial charge in [0.05, 0.1) is 6.61 Å². The smallest absolute Gasteiger partial charge is 0.293 e. The van der Waals surface area contributed by atoms with E-state index in [0.717, 1.165) is 0 Å². The van der Waals surface area contributed by atoms with Crippen molar-refractivity contribution in [3.05, 3.63) is 0 Å². The van der Waals surface area contributed by atoms with Crippen LogP contribution in [0.2, 0.25) is 36.3 Å². The quantitative estimate of drug-likeness (QED) is 0.421. The Kier molecular flexibility index (Phi) is 8.34. The number of alkyl halides is 1. The Morgan fingerprint density at radius 2 is 1.38 bits per heavy atom. The van der Waals surface area contributed by atoms with Crippen molar-refractivity contribution in [2.45, 2.75) is 90.0 Å². The van der Waals surface area contributed by atoms with Gasteiger partial charge in [-0.15, -0.1) is 0 Å². The summed E-state index contributed by atoms with van der Waals surface area (Å²) in [6, 6.07) is 0. The fraction of sp³-hybridized carbons (Fsp3) is 0.941. The molecule has 1 unspecified atom stereocenters. The molecule has 24 heavy (non-hydrogen) atoms. The molecule has 0 aromatic heterocycles. The average Bonchev–Trinajstić information content (AvgIpc) is 2.38. The van der Waals surface area contributed by atoms with Crippen LogP contribution >= 0.6 is 0 Å². The molecule has 0 saturated heterocycles. The van der Waals surface area contributed by atoms with Crippen LogP contribution in [0.3, 0.4) is 0 Å². The molecule has 0 aromatic rings. The molecule has 2 atom stereocenters. The van der Waals surface area contributed by atoms with Gasteiger partial charge in [0.15, 0.2) is 22.7 Å². The van der Waals surface area contributed by atoms with Crippen LogP contribution in [0.4, 0.5) is 4.39 Å². The molecule has 0 fully saturated rings. The molecule has 0 aliphatic heterocycles. The van der Waals surface area contributed by atoms with E-state index in [1.165, 1.54) is 0 Å². The van der Waals surface area contributed by atoms with Crippen molar-refractivity contribution in [3.63, 3.8) is 0 Å². The second-order valence-electron chi connectivity index (χ2n) is 9.41. The predicted molar refractivity (Wildman–Crippen MR) is 102 cm³/mol. The third-order valence-corrected chi connectivity index (χ3v) is 14.5. The number of ether oxygens (including phenoxy) is 1. The number of halogens is 1. The Balaban J connectivity index is 5.16. The summed E-state index contributed by atoms with van der Waals surface area (Å²) in [5.41, 5.74) is 0. The standard InChI is InChI=1S/C17H37FO4Si2/c1-16(2,3)23(7,8)21-12-15(20-13-19)14(11-18)22-24(9,10)17(4,5)6/h13-15H,11-12H2,1-10H3/t14?,15-/m1/s1. The van der Waals surface area contributed by atoms with Crippen molar-refractivity contribution in [2.24, 2.45) is 0 Å². The van der Waals surface area contributed by atoms with E-state index in [2.05, 4.69) is 67.7 Å². The molecule has 4 nitrogen and oxygen atoms in total. The van der Waals surface area contributed by atoms with Gasteiger partial charge in [0.2, 0.25) is 0 Å². The van der Waals surface area contributed by atoms with Crippen LogP contribution in [-0.2, 0) is 18.4 Å². The molecular formula is C17H37FO4Si2. The van der Waals surface area contributed by atoms with Gasteiger partial charge >= 0.3 is 0 Å². The van der Waals surface area contributed by atoms with E-state index >= 15 is 0 Å². The minimum atomic E-state index is -2.17. The van der Waals surface area contributed by atoms with Crippen LogP contribution in [0.15, 0.2) is 0 Å². The highest BCUT2D eigenvalue weighted by molar-refractivity contribution is 6.74. The first kappa shape index (κ1) is 23.8. The summed E-state index contributed by atoms with van der Waals surface area (Å²) in [7, 11) is -4.19. The first-order chi connectivity index (χ1) is 10.6. The van der Waals surface area contributed by atoms with Crippen molar-refractivity contribution in [2.75, 3.05) is 13.3 Å². The highest BCUT2D eigenvalue weighted by Crippen LogP contribution is 2.39. The average molecular weight is 381 g/mol. The molecule has 0 radical (unpaired) electrons. The highest BCUT2D eigenvalue weighted by Gasteiger charge is 2.43. The maximum atomic E-state index is 13.7. The fourth-order valence-electron chi connectivity index (χ4n) is 1.57. The Labute approximate surface area is 149 Å². The van der Waals surface area contributed by atoms with Gasteiger partial charge in [-0.3, -0.25) is 4.79 Å². The first-order valence-electron chi connectivity index (χ1n) is 8.56. The second kappa shape index (κ2) is 8.42. The summed E-state index contributed by atoms with van der Waals surface area (Å²) in [6.07, 6.45) is -1.52. The molecule has 0 heterocycles. The molecule has 144 valence electrons. The van der Waals surface area contributed by atoms with E-state index < -0.39 is 35.5 Å². The molecule has 0 aliphatic carbocycles. The maximum Gasteiger partial charge on any atom is 0.293 e. The third kappa shape index (κ3) is 6.57. The highest BCUT2D eigenvalue weighted by atomic mass is 28.4. The van der Waals surface area contributed by atoms with Crippen molar-refractivity contribution >= 4 is 23.1 Å².